The van der Waals surface area contributed by atoms with E-state index < -0.39 is 9.85 Å². The van der Waals surface area contributed by atoms with Gasteiger partial charge in [-0.25, -0.2) is 0 Å². The molecule has 0 N–H and O–H groups in total. The summed E-state index contributed by atoms with van der Waals surface area (Å²) in [6.45, 7) is 0. The van der Waals surface area contributed by atoms with E-state index in [0.29, 0.717) is 6.20 Å². The first-order valence-electron chi connectivity index (χ1n) is 4.71. The van der Waals surface area contributed by atoms with Crippen molar-refractivity contribution in [3.05, 3.63) is 44.1 Å². The maximum atomic E-state index is 10.9. The van der Waals surface area contributed by atoms with E-state index in [2.05, 4.69) is 0 Å². The van der Waals surface area contributed by atoms with Crippen LogP contribution in [0.5, 0.6) is 11.5 Å². The van der Waals surface area contributed by atoms with Crippen LogP contribution in [0, 0.1) is 20.2 Å². The molecule has 96 valence electrons. The molecule has 0 aliphatic rings. The van der Waals surface area contributed by atoms with Crippen LogP contribution in [0.3, 0.4) is 0 Å². The van der Waals surface area contributed by atoms with Gasteiger partial charge in [0.25, 0.3) is 5.69 Å². The fourth-order valence-electron chi connectivity index (χ4n) is 1.33. The Morgan fingerprint density at radius 3 is 2.28 bits per heavy atom. The highest BCUT2D eigenvalue weighted by Crippen LogP contribution is 2.34. The van der Waals surface area contributed by atoms with Crippen LogP contribution < -0.4 is 9.47 Å². The molecule has 0 aromatic heterocycles. The van der Waals surface area contributed by atoms with Crippen molar-refractivity contribution in [1.82, 2.24) is 0 Å². The van der Waals surface area contributed by atoms with Crippen molar-refractivity contribution in [2.24, 2.45) is 0 Å². The quantitative estimate of drug-likeness (QED) is 0.586. The minimum absolute atomic E-state index is 0.0139. The van der Waals surface area contributed by atoms with Crippen molar-refractivity contribution in [1.29, 1.82) is 0 Å². The van der Waals surface area contributed by atoms with E-state index in [0.717, 1.165) is 6.08 Å². The molecular formula is C10H10N2O6. The Balaban J connectivity index is 3.44. The Kier molecular flexibility index (Phi) is 4.19. The van der Waals surface area contributed by atoms with Crippen molar-refractivity contribution in [3.63, 3.8) is 0 Å². The third kappa shape index (κ3) is 2.94. The number of nitrogens with zero attached hydrogens (tertiary/aromatic N) is 2. The predicted octanol–water partition coefficient (Wildman–Crippen LogP) is 1.86. The zero-order valence-corrected chi connectivity index (χ0v) is 9.65. The Bertz CT molecular complexity index is 511. The largest absolute Gasteiger partial charge is 0.496 e. The van der Waals surface area contributed by atoms with E-state index in [1.54, 1.807) is 0 Å². The van der Waals surface area contributed by atoms with Crippen LogP contribution in [0.1, 0.15) is 5.56 Å². The highest BCUT2D eigenvalue weighted by atomic mass is 16.6. The molecule has 0 spiro atoms. The van der Waals surface area contributed by atoms with Gasteiger partial charge >= 0.3 is 0 Å². The molecule has 8 heteroatoms. The highest BCUT2D eigenvalue weighted by Gasteiger charge is 2.19. The molecule has 0 radical (unpaired) electrons. The summed E-state index contributed by atoms with van der Waals surface area (Å²) < 4.78 is 9.84. The molecule has 0 bridgehead atoms. The van der Waals surface area contributed by atoms with Crippen molar-refractivity contribution < 1.29 is 19.3 Å². The Morgan fingerprint density at radius 1 is 1.17 bits per heavy atom. The molecule has 1 aromatic rings. The average molecular weight is 254 g/mol. The van der Waals surface area contributed by atoms with Crippen LogP contribution in [-0.2, 0) is 0 Å². The molecule has 1 rings (SSSR count). The summed E-state index contributed by atoms with van der Waals surface area (Å²) in [6, 6.07) is 2.58. The summed E-state index contributed by atoms with van der Waals surface area (Å²) >= 11 is 0. The van der Waals surface area contributed by atoms with Crippen LogP contribution >= 0.6 is 0 Å². The number of hydrogen-bond donors (Lipinski definition) is 0. The molecule has 1 aromatic carbocycles. The van der Waals surface area contributed by atoms with E-state index in [-0.39, 0.29) is 22.7 Å². The normalized spacial score (nSPS) is 10.3. The first-order valence-corrected chi connectivity index (χ1v) is 4.71. The monoisotopic (exact) mass is 254 g/mol. The van der Waals surface area contributed by atoms with Gasteiger partial charge in [-0.15, -0.1) is 0 Å². The van der Waals surface area contributed by atoms with Crippen molar-refractivity contribution in [2.75, 3.05) is 14.2 Å². The second-order valence-corrected chi connectivity index (χ2v) is 3.12. The third-order valence-electron chi connectivity index (χ3n) is 2.11. The predicted molar refractivity (Wildman–Crippen MR) is 62.2 cm³/mol. The summed E-state index contributed by atoms with van der Waals surface area (Å²) in [5, 5.41) is 21.2. The molecule has 0 atom stereocenters. The molecule has 0 aliphatic heterocycles. The second kappa shape index (κ2) is 5.62. The second-order valence-electron chi connectivity index (χ2n) is 3.12. The molecular weight excluding hydrogens is 244 g/mol. The molecule has 8 nitrogen and oxygen atoms in total. The Labute approximate surface area is 102 Å². The molecule has 18 heavy (non-hydrogen) atoms. The number of nitro groups is 2. The minimum Gasteiger partial charge on any atom is -0.496 e. The number of ether oxygens (including phenoxy) is 2. The van der Waals surface area contributed by atoms with E-state index in [4.69, 9.17) is 9.47 Å². The van der Waals surface area contributed by atoms with E-state index in [1.807, 2.05) is 0 Å². The summed E-state index contributed by atoms with van der Waals surface area (Å²) in [6.07, 6.45) is 1.62. The van der Waals surface area contributed by atoms with Gasteiger partial charge < -0.3 is 9.47 Å². The molecule has 0 heterocycles. The van der Waals surface area contributed by atoms with E-state index >= 15 is 0 Å². The Hall–Kier alpha value is -2.64. The molecule has 0 fully saturated rings. The molecule has 0 unspecified atom stereocenters. The number of rotatable bonds is 5. The number of hydrogen-bond acceptors (Lipinski definition) is 6. The van der Waals surface area contributed by atoms with Crippen LogP contribution in [0.2, 0.25) is 0 Å². The van der Waals surface area contributed by atoms with Gasteiger partial charge in [0.05, 0.1) is 30.1 Å². The van der Waals surface area contributed by atoms with E-state index in [9.17, 15) is 20.2 Å². The lowest BCUT2D eigenvalue weighted by Gasteiger charge is -2.07. The lowest BCUT2D eigenvalue weighted by molar-refractivity contribution is -0.401. The molecule has 0 aliphatic carbocycles. The summed E-state index contributed by atoms with van der Waals surface area (Å²) in [7, 11) is 2.66. The Morgan fingerprint density at radius 2 is 1.83 bits per heavy atom. The van der Waals surface area contributed by atoms with Crippen LogP contribution in [0.15, 0.2) is 18.3 Å². The van der Waals surface area contributed by atoms with Gasteiger partial charge in [-0.3, -0.25) is 20.2 Å². The van der Waals surface area contributed by atoms with Crippen LogP contribution in [-0.4, -0.2) is 24.1 Å². The zero-order chi connectivity index (χ0) is 13.7. The number of benzene rings is 1. The fraction of sp³-hybridized carbons (Fsp3) is 0.200. The lowest BCUT2D eigenvalue weighted by atomic mass is 10.1. The topological polar surface area (TPSA) is 105 Å². The van der Waals surface area contributed by atoms with Crippen molar-refractivity contribution >= 4 is 11.8 Å². The third-order valence-corrected chi connectivity index (χ3v) is 2.11. The summed E-state index contributed by atoms with van der Waals surface area (Å²) in [5.41, 5.74) is -0.315. The summed E-state index contributed by atoms with van der Waals surface area (Å²) in [5.74, 6) is 0.357. The van der Waals surface area contributed by atoms with Gasteiger partial charge in [0.1, 0.15) is 17.1 Å². The standard InChI is InChI=1S/C10H10N2O6/c1-17-7-5-9(12(15)16)8(3-4-11(13)14)10(6-7)18-2/h3-6H,1-2H3. The first-order chi connectivity index (χ1) is 8.49. The van der Waals surface area contributed by atoms with Crippen molar-refractivity contribution in [2.45, 2.75) is 0 Å². The highest BCUT2D eigenvalue weighted by molar-refractivity contribution is 5.69. The molecule has 0 amide bonds. The lowest BCUT2D eigenvalue weighted by Crippen LogP contribution is -1.97. The van der Waals surface area contributed by atoms with Gasteiger partial charge in [0.15, 0.2) is 0 Å². The minimum atomic E-state index is -0.715. The number of methoxy groups -OCH3 is 2. The van der Waals surface area contributed by atoms with Gasteiger partial charge in [-0.1, -0.05) is 0 Å². The fourth-order valence-corrected chi connectivity index (χ4v) is 1.33. The van der Waals surface area contributed by atoms with Crippen molar-refractivity contribution in [3.8, 4) is 11.5 Å². The van der Waals surface area contributed by atoms with Crippen LogP contribution in [0.4, 0.5) is 5.69 Å². The first kappa shape index (κ1) is 13.4. The van der Waals surface area contributed by atoms with Gasteiger partial charge in [0.2, 0.25) is 6.20 Å². The average Bonchev–Trinajstić information content (AvgIpc) is 2.34. The number of nitro benzene ring substituents is 1. The van der Waals surface area contributed by atoms with Gasteiger partial charge in [-0.2, -0.15) is 0 Å². The molecule has 0 saturated heterocycles. The maximum Gasteiger partial charge on any atom is 0.284 e. The van der Waals surface area contributed by atoms with Gasteiger partial charge in [0, 0.05) is 12.1 Å². The maximum absolute atomic E-state index is 10.9. The van der Waals surface area contributed by atoms with Gasteiger partial charge in [-0.05, 0) is 0 Å². The van der Waals surface area contributed by atoms with E-state index in [1.165, 1.54) is 26.4 Å². The molecule has 0 saturated carbocycles. The summed E-state index contributed by atoms with van der Waals surface area (Å²) in [4.78, 5) is 19.8. The SMILES string of the molecule is COc1cc(OC)c(C=C[N+](=O)[O-])c([N+](=O)[O-])c1. The van der Waals surface area contributed by atoms with Crippen LogP contribution in [0.25, 0.3) is 6.08 Å². The zero-order valence-electron chi connectivity index (χ0n) is 9.65. The smallest absolute Gasteiger partial charge is 0.284 e.